The van der Waals surface area contributed by atoms with Crippen LogP contribution in [0.25, 0.3) is 77.5 Å². The van der Waals surface area contributed by atoms with E-state index >= 15 is 0 Å². The van der Waals surface area contributed by atoms with Gasteiger partial charge in [-0.1, -0.05) is 97.1 Å². The maximum atomic E-state index is 4.48. The van der Waals surface area contributed by atoms with Gasteiger partial charge in [0.05, 0.1) is 28.4 Å². The van der Waals surface area contributed by atoms with Gasteiger partial charge in [-0.15, -0.1) is 0 Å². The lowest BCUT2D eigenvalue weighted by molar-refractivity contribution is 1.06. The summed E-state index contributed by atoms with van der Waals surface area (Å²) in [5.74, 6) is 0. The van der Waals surface area contributed by atoms with Crippen LogP contribution in [0.15, 0.2) is 169 Å². The molecule has 49 heavy (non-hydrogen) atoms. The zero-order valence-corrected chi connectivity index (χ0v) is 27.1. The Labute approximate surface area is 284 Å². The van der Waals surface area contributed by atoms with Gasteiger partial charge in [-0.25, -0.2) is 0 Å². The molecule has 4 nitrogen and oxygen atoms in total. The molecule has 0 N–H and O–H groups in total. The third-order valence-electron chi connectivity index (χ3n) is 9.70. The highest BCUT2D eigenvalue weighted by Gasteiger charge is 2.20. The normalized spacial score (nSPS) is 11.4. The first-order valence-electron chi connectivity index (χ1n) is 16.5. The molecule has 0 saturated heterocycles. The van der Waals surface area contributed by atoms with Crippen molar-refractivity contribution >= 4 is 45.1 Å². The number of pyridine rings is 1. The zero-order valence-electron chi connectivity index (χ0n) is 27.1. The molecular weight excluding hydrogens is 597 g/mol. The molecule has 4 heteroatoms. The van der Waals surface area contributed by atoms with Crippen LogP contribution in [0, 0.1) is 6.92 Å². The van der Waals surface area contributed by atoms with E-state index in [4.69, 9.17) is 0 Å². The Morgan fingerprint density at radius 1 is 0.510 bits per heavy atom. The molecule has 0 aliphatic heterocycles. The molecule has 9 aromatic rings. The second kappa shape index (κ2) is 11.6. The summed E-state index contributed by atoms with van der Waals surface area (Å²) in [4.78, 5) is 8.91. The Morgan fingerprint density at radius 3 is 1.94 bits per heavy atom. The summed E-state index contributed by atoms with van der Waals surface area (Å²) in [6, 6.07) is 53.9. The molecule has 0 spiro atoms. The van der Waals surface area contributed by atoms with Crippen molar-refractivity contribution in [1.29, 1.82) is 0 Å². The fraction of sp³-hybridized carbons (Fsp3) is 0.0222. The van der Waals surface area contributed by atoms with Crippen molar-refractivity contribution in [2.75, 3.05) is 0 Å². The standard InChI is InChI=1S/C45H32N4/c1-30-45(39-15-9-10-16-41(39)46-2)40-27-33(20-24-42(40)48(30)36-21-17-32(18-22-36)31-11-5-3-6-12-31)34-19-23-37-38-25-26-47-29-44(38)49(43(37)28-34)35-13-7-4-8-14-35/h3-29H,2H2,1H3. The third kappa shape index (κ3) is 4.68. The van der Waals surface area contributed by atoms with Crippen LogP contribution in [0.1, 0.15) is 5.69 Å². The van der Waals surface area contributed by atoms with Crippen molar-refractivity contribution in [3.05, 3.63) is 170 Å². The number of para-hydroxylation sites is 2. The summed E-state index contributed by atoms with van der Waals surface area (Å²) in [6.45, 7) is 6.12. The number of hydrogen-bond donors (Lipinski definition) is 0. The van der Waals surface area contributed by atoms with E-state index < -0.39 is 0 Å². The minimum absolute atomic E-state index is 0.872. The lowest BCUT2D eigenvalue weighted by Gasteiger charge is -2.11. The molecule has 0 fully saturated rings. The summed E-state index contributed by atoms with van der Waals surface area (Å²) in [6.07, 6.45) is 3.84. The first-order valence-corrected chi connectivity index (χ1v) is 16.5. The van der Waals surface area contributed by atoms with Gasteiger partial charge in [0, 0.05) is 50.6 Å². The highest BCUT2D eigenvalue weighted by atomic mass is 15.0. The largest absolute Gasteiger partial charge is 0.313 e. The minimum Gasteiger partial charge on any atom is -0.313 e. The average Bonchev–Trinajstić information content (AvgIpc) is 3.66. The van der Waals surface area contributed by atoms with Gasteiger partial charge in [0.25, 0.3) is 0 Å². The average molecular weight is 629 g/mol. The van der Waals surface area contributed by atoms with Gasteiger partial charge in [-0.05, 0) is 90.5 Å². The predicted molar refractivity (Wildman–Crippen MR) is 206 cm³/mol. The van der Waals surface area contributed by atoms with E-state index in [2.05, 4.69) is 172 Å². The lowest BCUT2D eigenvalue weighted by atomic mass is 9.97. The molecule has 0 bridgehead atoms. The molecule has 0 aliphatic rings. The molecule has 232 valence electrons. The van der Waals surface area contributed by atoms with Crippen LogP contribution in [0.2, 0.25) is 0 Å². The monoisotopic (exact) mass is 628 g/mol. The molecule has 0 saturated carbocycles. The summed E-state index contributed by atoms with van der Waals surface area (Å²) in [5, 5.41) is 3.57. The molecule has 6 aromatic carbocycles. The highest BCUT2D eigenvalue weighted by molar-refractivity contribution is 6.10. The van der Waals surface area contributed by atoms with Gasteiger partial charge in [-0.3, -0.25) is 9.98 Å². The van der Waals surface area contributed by atoms with E-state index in [0.717, 1.165) is 61.6 Å². The number of hydrogen-bond acceptors (Lipinski definition) is 2. The van der Waals surface area contributed by atoms with Gasteiger partial charge < -0.3 is 9.13 Å². The predicted octanol–water partition coefficient (Wildman–Crippen LogP) is 11.8. The fourth-order valence-electron chi connectivity index (χ4n) is 7.43. The van der Waals surface area contributed by atoms with Crippen LogP contribution in [0.3, 0.4) is 0 Å². The van der Waals surface area contributed by atoms with E-state index in [1.807, 2.05) is 24.5 Å². The molecule has 0 atom stereocenters. The maximum absolute atomic E-state index is 4.48. The second-order valence-corrected chi connectivity index (χ2v) is 12.4. The number of nitrogens with zero attached hydrogens (tertiary/aromatic N) is 4. The maximum Gasteiger partial charge on any atom is 0.0724 e. The SMILES string of the molecule is C=Nc1ccccc1-c1c(C)n(-c2ccc(-c3ccccc3)cc2)c2ccc(-c3ccc4c5ccncc5n(-c5ccccc5)c4c3)cc12. The van der Waals surface area contributed by atoms with Gasteiger partial charge in [-0.2, -0.15) is 0 Å². The van der Waals surface area contributed by atoms with Crippen molar-refractivity contribution in [3.63, 3.8) is 0 Å². The van der Waals surface area contributed by atoms with E-state index in [-0.39, 0.29) is 0 Å². The van der Waals surface area contributed by atoms with Crippen molar-refractivity contribution in [3.8, 4) is 44.8 Å². The minimum atomic E-state index is 0.872. The van der Waals surface area contributed by atoms with Gasteiger partial charge in [0.2, 0.25) is 0 Å². The van der Waals surface area contributed by atoms with Crippen LogP contribution in [0.5, 0.6) is 0 Å². The summed E-state index contributed by atoms with van der Waals surface area (Å²) < 4.78 is 4.68. The van der Waals surface area contributed by atoms with Crippen molar-refractivity contribution in [1.82, 2.24) is 14.1 Å². The van der Waals surface area contributed by atoms with Gasteiger partial charge in [0.15, 0.2) is 0 Å². The molecule has 0 amide bonds. The Balaban J connectivity index is 1.26. The molecule has 9 rings (SSSR count). The molecule has 3 heterocycles. The Morgan fingerprint density at radius 2 is 1.14 bits per heavy atom. The number of aliphatic imine (C=N–C) groups is 1. The molecule has 0 radical (unpaired) electrons. The van der Waals surface area contributed by atoms with E-state index in [1.54, 1.807) is 0 Å². The van der Waals surface area contributed by atoms with E-state index in [9.17, 15) is 0 Å². The topological polar surface area (TPSA) is 35.1 Å². The summed E-state index contributed by atoms with van der Waals surface area (Å²) >= 11 is 0. The molecule has 0 aliphatic carbocycles. The van der Waals surface area contributed by atoms with E-state index in [1.165, 1.54) is 27.3 Å². The van der Waals surface area contributed by atoms with Crippen molar-refractivity contribution in [2.45, 2.75) is 6.92 Å². The number of rotatable bonds is 6. The number of fused-ring (bicyclic) bond motifs is 4. The Bertz CT molecular complexity index is 2660. The number of benzene rings is 6. The zero-order chi connectivity index (χ0) is 32.9. The van der Waals surface area contributed by atoms with Crippen molar-refractivity contribution in [2.24, 2.45) is 4.99 Å². The number of aromatic nitrogens is 3. The highest BCUT2D eigenvalue weighted by Crippen LogP contribution is 2.43. The Kier molecular flexibility index (Phi) is 6.80. The van der Waals surface area contributed by atoms with Crippen LogP contribution in [0.4, 0.5) is 5.69 Å². The smallest absolute Gasteiger partial charge is 0.0724 e. The molecular formula is C45H32N4. The van der Waals surface area contributed by atoms with E-state index in [0.29, 0.717) is 0 Å². The lowest BCUT2D eigenvalue weighted by Crippen LogP contribution is -1.97. The van der Waals surface area contributed by atoms with Crippen molar-refractivity contribution < 1.29 is 0 Å². The van der Waals surface area contributed by atoms with Gasteiger partial charge >= 0.3 is 0 Å². The quantitative estimate of drug-likeness (QED) is 0.169. The van der Waals surface area contributed by atoms with Crippen LogP contribution >= 0.6 is 0 Å². The van der Waals surface area contributed by atoms with Crippen LogP contribution in [-0.4, -0.2) is 20.8 Å². The summed E-state index contributed by atoms with van der Waals surface area (Å²) in [5.41, 5.74) is 14.6. The third-order valence-corrected chi connectivity index (χ3v) is 9.70. The first kappa shape index (κ1) is 28.7. The summed E-state index contributed by atoms with van der Waals surface area (Å²) in [7, 11) is 0. The Hall–Kier alpha value is -6.52. The molecule has 3 aromatic heterocycles. The molecule has 0 unspecified atom stereocenters. The second-order valence-electron chi connectivity index (χ2n) is 12.4. The fourth-order valence-corrected chi connectivity index (χ4v) is 7.43. The van der Waals surface area contributed by atoms with Crippen LogP contribution < -0.4 is 0 Å². The van der Waals surface area contributed by atoms with Gasteiger partial charge in [0.1, 0.15) is 0 Å². The van der Waals surface area contributed by atoms with Crippen LogP contribution in [-0.2, 0) is 0 Å². The first-order chi connectivity index (χ1) is 24.2.